The van der Waals surface area contributed by atoms with E-state index in [9.17, 15) is 9.59 Å². The average Bonchev–Trinajstić information content (AvgIpc) is 3.37. The topological polar surface area (TPSA) is 110 Å². The maximum Gasteiger partial charge on any atom is 0.263 e. The van der Waals surface area contributed by atoms with E-state index in [0.717, 1.165) is 11.1 Å². The van der Waals surface area contributed by atoms with E-state index in [4.69, 9.17) is 0 Å². The molecule has 5 rings (SSSR count). The van der Waals surface area contributed by atoms with Crippen molar-refractivity contribution in [3.8, 4) is 17.1 Å². The summed E-state index contributed by atoms with van der Waals surface area (Å²) in [6, 6.07) is 19.0. The number of carbonyl (C=O) groups excluding carboxylic acids is 1. The Labute approximate surface area is 182 Å². The van der Waals surface area contributed by atoms with Crippen molar-refractivity contribution in [2.24, 2.45) is 7.05 Å². The highest BCUT2D eigenvalue weighted by molar-refractivity contribution is 6.04. The highest BCUT2D eigenvalue weighted by atomic mass is 16.2. The molecule has 0 aliphatic carbocycles. The van der Waals surface area contributed by atoms with Crippen molar-refractivity contribution in [2.75, 3.05) is 5.32 Å². The summed E-state index contributed by atoms with van der Waals surface area (Å²) in [4.78, 5) is 32.5. The number of amides is 1. The molecule has 0 unspecified atom stereocenters. The van der Waals surface area contributed by atoms with E-state index >= 15 is 0 Å². The van der Waals surface area contributed by atoms with E-state index < -0.39 is 0 Å². The van der Waals surface area contributed by atoms with Crippen LogP contribution in [-0.4, -0.2) is 35.4 Å². The van der Waals surface area contributed by atoms with Crippen LogP contribution >= 0.6 is 0 Å². The summed E-state index contributed by atoms with van der Waals surface area (Å²) in [5.41, 5.74) is 3.35. The lowest BCUT2D eigenvalue weighted by molar-refractivity contribution is 0.102. The van der Waals surface area contributed by atoms with E-state index in [1.807, 2.05) is 42.5 Å². The van der Waals surface area contributed by atoms with Gasteiger partial charge in [-0.05, 0) is 30.2 Å². The normalized spacial score (nSPS) is 11.1. The summed E-state index contributed by atoms with van der Waals surface area (Å²) in [5.74, 6) is 0.285. The number of fused-ring (bicyclic) bond motifs is 1. The van der Waals surface area contributed by atoms with Crippen LogP contribution in [0.25, 0.3) is 28.1 Å². The Morgan fingerprint density at radius 2 is 1.75 bits per heavy atom. The highest BCUT2D eigenvalue weighted by Gasteiger charge is 2.16. The van der Waals surface area contributed by atoms with Crippen LogP contribution in [0.15, 0.2) is 71.7 Å². The number of hydrogen-bond donors (Lipinski definition) is 2. The van der Waals surface area contributed by atoms with E-state index in [1.54, 1.807) is 32.2 Å². The largest absolute Gasteiger partial charge is 0.306 e. The third kappa shape index (κ3) is 3.45. The number of aromatic nitrogens is 6. The van der Waals surface area contributed by atoms with Crippen molar-refractivity contribution >= 4 is 22.8 Å². The van der Waals surface area contributed by atoms with Gasteiger partial charge in [0.05, 0.1) is 11.9 Å². The second-order valence-corrected chi connectivity index (χ2v) is 7.38. The van der Waals surface area contributed by atoms with Gasteiger partial charge in [0, 0.05) is 18.7 Å². The van der Waals surface area contributed by atoms with Crippen LogP contribution in [0.5, 0.6) is 0 Å². The molecule has 0 radical (unpaired) electrons. The second kappa shape index (κ2) is 7.62. The van der Waals surface area contributed by atoms with Gasteiger partial charge in [-0.3, -0.25) is 19.3 Å². The lowest BCUT2D eigenvalue weighted by atomic mass is 10.0. The minimum atomic E-state index is -0.333. The summed E-state index contributed by atoms with van der Waals surface area (Å²) in [6.07, 6.45) is 1.46. The summed E-state index contributed by atoms with van der Waals surface area (Å²) >= 11 is 0. The van der Waals surface area contributed by atoms with Gasteiger partial charge in [0.2, 0.25) is 5.95 Å². The molecule has 0 atom stereocenters. The van der Waals surface area contributed by atoms with Gasteiger partial charge >= 0.3 is 0 Å². The lowest BCUT2D eigenvalue weighted by Crippen LogP contribution is -2.19. The van der Waals surface area contributed by atoms with Gasteiger partial charge in [-0.15, -0.1) is 0 Å². The van der Waals surface area contributed by atoms with Gasteiger partial charge in [-0.2, -0.15) is 19.9 Å². The molecule has 2 aromatic carbocycles. The molecule has 0 saturated heterocycles. The van der Waals surface area contributed by atoms with Crippen molar-refractivity contribution in [1.82, 2.24) is 29.5 Å². The van der Waals surface area contributed by atoms with E-state index in [0.29, 0.717) is 28.1 Å². The fourth-order valence-corrected chi connectivity index (χ4v) is 3.50. The number of aromatic amines is 1. The van der Waals surface area contributed by atoms with E-state index in [-0.39, 0.29) is 17.4 Å². The lowest BCUT2D eigenvalue weighted by Gasteiger charge is -2.09. The SMILES string of the molecule is Cc1cc(NC(=O)c2ccc(-c3ccccc3)cc2)n(-c2nc3c(cnn3C)c(=O)[nH]2)n1. The molecule has 9 heteroatoms. The van der Waals surface area contributed by atoms with Crippen LogP contribution < -0.4 is 10.9 Å². The molecule has 0 aliphatic heterocycles. The van der Waals surface area contributed by atoms with Crippen molar-refractivity contribution < 1.29 is 4.79 Å². The molecule has 3 aromatic heterocycles. The Kier molecular flexibility index (Phi) is 4.63. The van der Waals surface area contributed by atoms with Gasteiger partial charge in [0.25, 0.3) is 11.5 Å². The monoisotopic (exact) mass is 425 g/mol. The maximum absolute atomic E-state index is 12.9. The van der Waals surface area contributed by atoms with Gasteiger partial charge in [-0.25, -0.2) is 0 Å². The number of hydrogen-bond acceptors (Lipinski definition) is 5. The molecule has 3 heterocycles. The molecule has 0 bridgehead atoms. The number of rotatable bonds is 4. The fourth-order valence-electron chi connectivity index (χ4n) is 3.50. The van der Waals surface area contributed by atoms with Crippen LogP contribution in [0.4, 0.5) is 5.82 Å². The zero-order valence-electron chi connectivity index (χ0n) is 17.4. The third-order valence-electron chi connectivity index (χ3n) is 5.12. The summed E-state index contributed by atoms with van der Waals surface area (Å²) in [6.45, 7) is 1.79. The Morgan fingerprint density at radius 1 is 1.03 bits per heavy atom. The van der Waals surface area contributed by atoms with E-state index in [1.165, 1.54) is 15.6 Å². The molecule has 2 N–H and O–H groups in total. The number of nitrogens with zero attached hydrogens (tertiary/aromatic N) is 5. The first-order valence-corrected chi connectivity index (χ1v) is 9.95. The van der Waals surface area contributed by atoms with Gasteiger partial charge < -0.3 is 5.32 Å². The number of aryl methyl sites for hydroxylation is 2. The molecular formula is C23H19N7O2. The van der Waals surface area contributed by atoms with Crippen LogP contribution in [-0.2, 0) is 7.05 Å². The summed E-state index contributed by atoms with van der Waals surface area (Å²) in [5, 5.41) is 11.7. The molecule has 1 amide bonds. The zero-order chi connectivity index (χ0) is 22.2. The molecule has 0 fully saturated rings. The molecule has 0 saturated carbocycles. The predicted octanol–water partition coefficient (Wildman–Crippen LogP) is 3.07. The zero-order valence-corrected chi connectivity index (χ0v) is 17.4. The Morgan fingerprint density at radius 3 is 2.50 bits per heavy atom. The molecular weight excluding hydrogens is 406 g/mol. The fraction of sp³-hybridized carbons (Fsp3) is 0.0870. The molecule has 0 spiro atoms. The number of anilines is 1. The van der Waals surface area contributed by atoms with E-state index in [2.05, 4.69) is 25.5 Å². The van der Waals surface area contributed by atoms with Gasteiger partial charge in [0.1, 0.15) is 11.2 Å². The Bertz CT molecular complexity index is 1500. The number of H-pyrrole nitrogens is 1. The van der Waals surface area contributed by atoms with Crippen molar-refractivity contribution in [3.05, 3.63) is 88.5 Å². The van der Waals surface area contributed by atoms with Crippen LogP contribution in [0, 0.1) is 6.92 Å². The number of carbonyl (C=O) groups is 1. The summed E-state index contributed by atoms with van der Waals surface area (Å²) < 4.78 is 2.91. The summed E-state index contributed by atoms with van der Waals surface area (Å²) in [7, 11) is 1.70. The first kappa shape index (κ1) is 19.4. The molecule has 5 aromatic rings. The third-order valence-corrected chi connectivity index (χ3v) is 5.12. The van der Waals surface area contributed by atoms with Crippen molar-refractivity contribution in [2.45, 2.75) is 6.92 Å². The first-order valence-electron chi connectivity index (χ1n) is 9.95. The van der Waals surface area contributed by atoms with Gasteiger partial charge in [-0.1, -0.05) is 42.5 Å². The van der Waals surface area contributed by atoms with Crippen LogP contribution in [0.1, 0.15) is 16.1 Å². The van der Waals surface area contributed by atoms with Crippen LogP contribution in [0.2, 0.25) is 0 Å². The van der Waals surface area contributed by atoms with Crippen molar-refractivity contribution in [3.63, 3.8) is 0 Å². The predicted molar refractivity (Wildman–Crippen MR) is 121 cm³/mol. The first-order chi connectivity index (χ1) is 15.5. The molecule has 0 aliphatic rings. The maximum atomic E-state index is 12.9. The standard InChI is InChI=1S/C23H19N7O2/c1-14-12-19(30(28-14)23-26-20-18(22(32)27-23)13-24-29(20)2)25-21(31)17-10-8-16(9-11-17)15-6-4-3-5-7-15/h3-13H,1-2H3,(H,25,31)(H,26,27,32). The minimum absolute atomic E-state index is 0.189. The second-order valence-electron chi connectivity index (χ2n) is 7.38. The quantitative estimate of drug-likeness (QED) is 0.460. The molecule has 158 valence electrons. The Hall–Kier alpha value is -4.53. The smallest absolute Gasteiger partial charge is 0.263 e. The minimum Gasteiger partial charge on any atom is -0.306 e. The molecule has 32 heavy (non-hydrogen) atoms. The Balaban J connectivity index is 1.45. The van der Waals surface area contributed by atoms with Crippen LogP contribution in [0.3, 0.4) is 0 Å². The molecule has 9 nitrogen and oxygen atoms in total. The number of nitrogens with one attached hydrogen (secondary N) is 2. The van der Waals surface area contributed by atoms with Gasteiger partial charge in [0.15, 0.2) is 5.65 Å². The van der Waals surface area contributed by atoms with Crippen molar-refractivity contribution in [1.29, 1.82) is 0 Å². The highest BCUT2D eigenvalue weighted by Crippen LogP contribution is 2.21. The number of benzene rings is 2. The average molecular weight is 425 g/mol.